The Hall–Kier alpha value is -2.33. The molecule has 1 amide bonds. The number of nitrogens with one attached hydrogen (secondary N) is 2. The van der Waals surface area contributed by atoms with E-state index in [1.54, 1.807) is 12.1 Å². The van der Waals surface area contributed by atoms with E-state index in [-0.39, 0.29) is 24.1 Å². The molecule has 0 saturated heterocycles. The average Bonchev–Trinajstić information content (AvgIpc) is 3.15. The van der Waals surface area contributed by atoms with E-state index < -0.39 is 5.41 Å². The highest BCUT2D eigenvalue weighted by Crippen LogP contribution is 2.44. The summed E-state index contributed by atoms with van der Waals surface area (Å²) in [7, 11) is 0. The molecule has 2 fully saturated rings. The maximum atomic E-state index is 12.1. The lowest BCUT2D eigenvalue weighted by Gasteiger charge is -2.36. The Bertz CT molecular complexity index is 1210. The van der Waals surface area contributed by atoms with Crippen LogP contribution < -0.4 is 16.4 Å². The molecule has 1 aromatic carbocycles. The molecule has 2 aromatic rings. The number of aromatic nitrogens is 2. The van der Waals surface area contributed by atoms with Gasteiger partial charge in [-0.15, -0.1) is 0 Å². The van der Waals surface area contributed by atoms with Crippen LogP contribution >= 0.6 is 34.8 Å². The van der Waals surface area contributed by atoms with E-state index in [4.69, 9.17) is 50.5 Å². The number of carbonyl (C=O) groups is 1. The van der Waals surface area contributed by atoms with Crippen molar-refractivity contribution in [3.63, 3.8) is 0 Å². The van der Waals surface area contributed by atoms with E-state index in [1.165, 1.54) is 0 Å². The van der Waals surface area contributed by atoms with Crippen LogP contribution in [0.15, 0.2) is 22.1 Å². The topological polar surface area (TPSA) is 130 Å². The first kappa shape index (κ1) is 28.7. The molecule has 4 rings (SSSR count). The summed E-state index contributed by atoms with van der Waals surface area (Å²) in [5.41, 5.74) is 6.35. The zero-order valence-electron chi connectivity index (χ0n) is 21.6. The van der Waals surface area contributed by atoms with Crippen molar-refractivity contribution in [2.45, 2.75) is 83.4 Å². The van der Waals surface area contributed by atoms with Gasteiger partial charge < -0.3 is 21.5 Å². The zero-order valence-corrected chi connectivity index (χ0v) is 23.9. The highest BCUT2D eigenvalue weighted by atomic mass is 35.5. The van der Waals surface area contributed by atoms with Crippen LogP contribution in [0.4, 0.5) is 17.5 Å². The number of anilines is 3. The summed E-state index contributed by atoms with van der Waals surface area (Å²) in [6.45, 7) is 7.51. The van der Waals surface area contributed by atoms with Crippen molar-refractivity contribution in [1.82, 2.24) is 9.55 Å². The van der Waals surface area contributed by atoms with Gasteiger partial charge in [0.15, 0.2) is 0 Å². The van der Waals surface area contributed by atoms with Gasteiger partial charge in [0, 0.05) is 16.5 Å². The minimum absolute atomic E-state index is 0.000967. The molecule has 2 aliphatic carbocycles. The minimum atomic E-state index is -0.548. The molecule has 12 heteroatoms. The molecule has 38 heavy (non-hydrogen) atoms. The number of imidazole rings is 1. The predicted molar refractivity (Wildman–Crippen MR) is 155 cm³/mol. The molecule has 2 atom stereocenters. The van der Waals surface area contributed by atoms with Crippen molar-refractivity contribution in [2.24, 2.45) is 21.1 Å². The van der Waals surface area contributed by atoms with Gasteiger partial charge in [-0.1, -0.05) is 41.7 Å². The van der Waals surface area contributed by atoms with Crippen molar-refractivity contribution < 1.29 is 9.90 Å². The summed E-state index contributed by atoms with van der Waals surface area (Å²) < 4.78 is 2.05. The lowest BCUT2D eigenvalue weighted by atomic mass is 9.73. The number of primary amides is 1. The maximum Gasteiger partial charge on any atom is 0.223 e. The number of nitrogens with zero attached hydrogens (tertiary/aromatic N) is 4. The number of nitrogens with two attached hydrogens (primary N) is 1. The van der Waals surface area contributed by atoms with E-state index in [9.17, 15) is 9.90 Å². The Balaban J connectivity index is 1.71. The number of aryl methyl sites for hydroxylation is 1. The number of rotatable bonds is 6. The normalized spacial score (nSPS) is 26.2. The molecular weight excluding hydrogens is 549 g/mol. The molecule has 2 saturated carbocycles. The Labute approximate surface area is 237 Å². The van der Waals surface area contributed by atoms with E-state index in [0.717, 1.165) is 19.3 Å². The summed E-state index contributed by atoms with van der Waals surface area (Å²) in [5, 5.41) is 17.9. The Morgan fingerprint density at radius 1 is 1.21 bits per heavy atom. The number of hydrogen-bond donors (Lipinski definition) is 4. The van der Waals surface area contributed by atoms with Crippen molar-refractivity contribution in [3.8, 4) is 0 Å². The SMILES string of the molecule is C=NC(=N[C@@H]1CCC[C@H](O)C1)Nc1c(C)nc(Nc2c(Cl)cc(Cl)cc2Cl)n1C1CCC(C)(C(N)=O)CC1. The summed E-state index contributed by atoms with van der Waals surface area (Å²) in [6, 6.07) is 3.18. The first-order valence-electron chi connectivity index (χ1n) is 12.8. The molecule has 5 N–H and O–H groups in total. The number of hydrogen-bond acceptors (Lipinski definition) is 5. The number of aliphatic hydroxyl groups is 1. The molecule has 1 heterocycles. The van der Waals surface area contributed by atoms with Gasteiger partial charge in [-0.2, -0.15) is 0 Å². The third kappa shape index (κ3) is 6.28. The molecule has 0 spiro atoms. The lowest BCUT2D eigenvalue weighted by Crippen LogP contribution is -2.38. The van der Waals surface area contributed by atoms with Crippen LogP contribution in [0.2, 0.25) is 15.1 Å². The molecule has 206 valence electrons. The molecule has 0 radical (unpaired) electrons. The average molecular weight is 583 g/mol. The zero-order chi connectivity index (χ0) is 27.6. The third-order valence-corrected chi connectivity index (χ3v) is 8.47. The smallest absolute Gasteiger partial charge is 0.223 e. The number of guanidine groups is 1. The fraction of sp³-hybridized carbons (Fsp3) is 0.538. The number of aliphatic imine (C=N–C) groups is 2. The van der Waals surface area contributed by atoms with Gasteiger partial charge in [0.2, 0.25) is 17.8 Å². The largest absolute Gasteiger partial charge is 0.393 e. The summed E-state index contributed by atoms with van der Waals surface area (Å²) in [4.78, 5) is 25.8. The molecule has 1 aromatic heterocycles. The van der Waals surface area contributed by atoms with E-state index in [0.29, 0.717) is 76.3 Å². The molecule has 2 aliphatic rings. The van der Waals surface area contributed by atoms with Gasteiger partial charge in [0.05, 0.1) is 33.6 Å². The Morgan fingerprint density at radius 3 is 2.45 bits per heavy atom. The van der Waals surface area contributed by atoms with E-state index in [1.807, 2.05) is 18.4 Å². The van der Waals surface area contributed by atoms with E-state index in [2.05, 4.69) is 22.3 Å². The lowest BCUT2D eigenvalue weighted by molar-refractivity contribution is -0.128. The van der Waals surface area contributed by atoms with Crippen LogP contribution in [-0.4, -0.2) is 45.4 Å². The predicted octanol–water partition coefficient (Wildman–Crippen LogP) is 6.27. The van der Waals surface area contributed by atoms with Gasteiger partial charge in [0.25, 0.3) is 0 Å². The second-order valence-electron chi connectivity index (χ2n) is 10.5. The number of carbonyl (C=O) groups excluding carboxylic acids is 1. The van der Waals surface area contributed by atoms with E-state index >= 15 is 0 Å². The second-order valence-corrected chi connectivity index (χ2v) is 11.7. The molecule has 0 aliphatic heterocycles. The van der Waals surface area contributed by atoms with Crippen LogP contribution in [-0.2, 0) is 4.79 Å². The molecule has 0 bridgehead atoms. The summed E-state index contributed by atoms with van der Waals surface area (Å²) in [5.74, 6) is 1.30. The number of aliphatic hydroxyl groups excluding tert-OH is 1. The summed E-state index contributed by atoms with van der Waals surface area (Å²) in [6.07, 6.45) is 5.53. The Kier molecular flexibility index (Phi) is 8.92. The van der Waals surface area contributed by atoms with Gasteiger partial charge in [-0.3, -0.25) is 9.36 Å². The number of halogens is 3. The Morgan fingerprint density at radius 2 is 1.87 bits per heavy atom. The monoisotopic (exact) mass is 581 g/mol. The van der Waals surface area contributed by atoms with Gasteiger partial charge >= 0.3 is 0 Å². The first-order chi connectivity index (χ1) is 18.0. The van der Waals surface area contributed by atoms with Gasteiger partial charge in [-0.05, 0) is 77.1 Å². The van der Waals surface area contributed by atoms with Crippen LogP contribution in [0, 0.1) is 12.3 Å². The molecular formula is C26H34Cl3N7O2. The highest BCUT2D eigenvalue weighted by molar-refractivity contribution is 6.41. The third-order valence-electron chi connectivity index (χ3n) is 7.65. The van der Waals surface area contributed by atoms with Crippen molar-refractivity contribution >= 4 is 70.8 Å². The van der Waals surface area contributed by atoms with Crippen LogP contribution in [0.1, 0.15) is 70.0 Å². The second kappa shape index (κ2) is 11.8. The number of amides is 1. The van der Waals surface area contributed by atoms with Crippen molar-refractivity contribution in [2.75, 3.05) is 10.6 Å². The first-order valence-corrected chi connectivity index (χ1v) is 13.9. The highest BCUT2D eigenvalue weighted by Gasteiger charge is 2.38. The van der Waals surface area contributed by atoms with Gasteiger partial charge in [0.1, 0.15) is 5.82 Å². The quantitative estimate of drug-likeness (QED) is 0.235. The van der Waals surface area contributed by atoms with Crippen molar-refractivity contribution in [3.05, 3.63) is 32.9 Å². The van der Waals surface area contributed by atoms with Crippen LogP contribution in [0.25, 0.3) is 0 Å². The maximum absolute atomic E-state index is 12.1. The fourth-order valence-corrected chi connectivity index (χ4v) is 6.22. The standard InChI is InChI=1S/C26H34Cl3N7O2/c1-14-22(35-24(31-3)33-16-5-4-6-18(37)13-16)36(17-7-9-26(2,10-8-17)23(30)38)25(32-14)34-21-19(28)11-15(27)12-20(21)29/h11-12,16-18,37H,3-10,13H2,1-2H3,(H2,30,38)(H,32,34)(H,33,35)/t16-,17?,18+,26?/m1/s1. The van der Waals surface area contributed by atoms with Crippen LogP contribution in [0.3, 0.4) is 0 Å². The summed E-state index contributed by atoms with van der Waals surface area (Å²) >= 11 is 19.1. The van der Waals surface area contributed by atoms with Crippen molar-refractivity contribution in [1.29, 1.82) is 0 Å². The van der Waals surface area contributed by atoms with Gasteiger partial charge in [-0.25, -0.2) is 15.0 Å². The molecule has 0 unspecified atom stereocenters. The number of benzene rings is 1. The fourth-order valence-electron chi connectivity index (χ4n) is 5.31. The van der Waals surface area contributed by atoms with Crippen LogP contribution in [0.5, 0.6) is 0 Å². The minimum Gasteiger partial charge on any atom is -0.393 e. The molecule has 9 nitrogen and oxygen atoms in total.